The molecule has 1 saturated heterocycles. The highest BCUT2D eigenvalue weighted by Crippen LogP contribution is 2.39. The number of anilines is 1. The van der Waals surface area contributed by atoms with Crippen LogP contribution in [0.5, 0.6) is 17.2 Å². The van der Waals surface area contributed by atoms with Crippen LogP contribution in [0.25, 0.3) is 0 Å². The fraction of sp³-hybridized carbons (Fsp3) is 0.400. The second-order valence-electron chi connectivity index (χ2n) is 9.86. The summed E-state index contributed by atoms with van der Waals surface area (Å²) in [4.78, 5) is 4.74. The Morgan fingerprint density at radius 2 is 1.77 bits per heavy atom. The molecule has 2 aliphatic rings. The smallest absolute Gasteiger partial charge is 0.120 e. The molecule has 5 nitrogen and oxygen atoms in total. The first-order valence-electron chi connectivity index (χ1n) is 12.7. The lowest BCUT2D eigenvalue weighted by atomic mass is 9.79. The molecular weight excluding hydrogens is 436 g/mol. The number of phenolic OH excluding ortho intramolecular Hbond substituents is 1. The number of aromatic hydroxyl groups is 1. The molecule has 1 fully saturated rings. The van der Waals surface area contributed by atoms with Crippen LogP contribution in [0.3, 0.4) is 0 Å². The van der Waals surface area contributed by atoms with Gasteiger partial charge in [-0.25, -0.2) is 0 Å². The molecular formula is C30H36N2O3. The molecule has 0 radical (unpaired) electrons. The Kier molecular flexibility index (Phi) is 7.14. The lowest BCUT2D eigenvalue weighted by Gasteiger charge is -2.30. The number of fused-ring (bicyclic) bond motifs is 1. The summed E-state index contributed by atoms with van der Waals surface area (Å²) in [6.07, 6.45) is 4.37. The summed E-state index contributed by atoms with van der Waals surface area (Å²) in [5.41, 5.74) is 6.44. The van der Waals surface area contributed by atoms with E-state index in [9.17, 15) is 5.11 Å². The van der Waals surface area contributed by atoms with Crippen molar-refractivity contribution < 1.29 is 14.6 Å². The maximum atomic E-state index is 9.85. The number of hydrogen-bond donors (Lipinski definition) is 1. The van der Waals surface area contributed by atoms with Gasteiger partial charge in [0.05, 0.1) is 7.11 Å². The minimum absolute atomic E-state index is 0.361. The molecule has 0 saturated carbocycles. The Bertz CT molecular complexity index is 1140. The number of methoxy groups -OCH3 is 1. The lowest BCUT2D eigenvalue weighted by molar-refractivity contribution is 0.147. The van der Waals surface area contributed by atoms with Gasteiger partial charge in [0.2, 0.25) is 0 Å². The third-order valence-corrected chi connectivity index (χ3v) is 7.48. The molecule has 1 aliphatic carbocycles. The highest BCUT2D eigenvalue weighted by atomic mass is 16.5. The summed E-state index contributed by atoms with van der Waals surface area (Å²) in [5, 5.41) is 9.85. The topological polar surface area (TPSA) is 45.2 Å². The van der Waals surface area contributed by atoms with Crippen molar-refractivity contribution in [3.05, 3.63) is 82.9 Å². The first-order valence-corrected chi connectivity index (χ1v) is 12.7. The molecule has 5 rings (SSSR count). The van der Waals surface area contributed by atoms with Crippen molar-refractivity contribution in [2.45, 2.75) is 38.1 Å². The Balaban J connectivity index is 1.28. The van der Waals surface area contributed by atoms with Gasteiger partial charge in [0, 0.05) is 31.9 Å². The van der Waals surface area contributed by atoms with E-state index in [4.69, 9.17) is 9.47 Å². The highest BCUT2D eigenvalue weighted by Gasteiger charge is 2.24. The normalized spacial score (nSPS) is 17.4. The summed E-state index contributed by atoms with van der Waals surface area (Å²) in [7, 11) is 3.88. The van der Waals surface area contributed by atoms with E-state index in [2.05, 4.69) is 65.4 Å². The Hall–Kier alpha value is -3.18. The van der Waals surface area contributed by atoms with Crippen molar-refractivity contribution in [1.29, 1.82) is 0 Å². The number of benzene rings is 3. The average molecular weight is 473 g/mol. The number of rotatable bonds is 9. The molecule has 1 heterocycles. The molecule has 1 atom stereocenters. The van der Waals surface area contributed by atoms with E-state index >= 15 is 0 Å². The number of aryl methyl sites for hydroxylation is 1. The molecule has 1 unspecified atom stereocenters. The van der Waals surface area contributed by atoms with E-state index in [0.29, 0.717) is 11.7 Å². The molecule has 0 amide bonds. The number of nitrogens with zero attached hydrogens (tertiary/aromatic N) is 2. The predicted molar refractivity (Wildman–Crippen MR) is 141 cm³/mol. The van der Waals surface area contributed by atoms with Crippen LogP contribution in [-0.2, 0) is 19.4 Å². The Morgan fingerprint density at radius 1 is 0.971 bits per heavy atom. The van der Waals surface area contributed by atoms with Crippen molar-refractivity contribution in [3.63, 3.8) is 0 Å². The zero-order valence-corrected chi connectivity index (χ0v) is 20.9. The fourth-order valence-corrected chi connectivity index (χ4v) is 5.28. The predicted octanol–water partition coefficient (Wildman–Crippen LogP) is 5.39. The monoisotopic (exact) mass is 472 g/mol. The molecule has 0 spiro atoms. The van der Waals surface area contributed by atoms with E-state index in [-0.39, 0.29) is 0 Å². The van der Waals surface area contributed by atoms with Gasteiger partial charge < -0.3 is 19.5 Å². The summed E-state index contributed by atoms with van der Waals surface area (Å²) in [6.45, 7) is 4.98. The highest BCUT2D eigenvalue weighted by molar-refractivity contribution is 5.59. The first kappa shape index (κ1) is 23.6. The molecule has 1 N–H and O–H groups in total. The zero-order valence-electron chi connectivity index (χ0n) is 20.9. The maximum Gasteiger partial charge on any atom is 0.120 e. The van der Waals surface area contributed by atoms with Crippen LogP contribution in [0.2, 0.25) is 0 Å². The lowest BCUT2D eigenvalue weighted by Crippen LogP contribution is -2.39. The Morgan fingerprint density at radius 3 is 2.51 bits per heavy atom. The second-order valence-corrected chi connectivity index (χ2v) is 9.86. The minimum atomic E-state index is 0.361. The standard InChI is InChI=1S/C30H36N2O3/c1-31(21-22-4-10-27(11-5-22)35-17-16-32-14-3-15-32)30-20-28(34-2)12-13-29(30)25-7-6-24-19-26(33)9-8-23(24)18-25/h4-5,8-13,19-20,25,33H,3,6-7,14-18,21H2,1-2H3. The molecule has 5 heteroatoms. The van der Waals surface area contributed by atoms with Crippen LogP contribution < -0.4 is 14.4 Å². The summed E-state index contributed by atoms with van der Waals surface area (Å²) < 4.78 is 11.5. The first-order chi connectivity index (χ1) is 17.1. The summed E-state index contributed by atoms with van der Waals surface area (Å²) >= 11 is 0. The van der Waals surface area contributed by atoms with Crippen molar-refractivity contribution in [1.82, 2.24) is 4.90 Å². The van der Waals surface area contributed by atoms with Gasteiger partial charge in [-0.2, -0.15) is 0 Å². The zero-order chi connectivity index (χ0) is 24.2. The number of hydrogen-bond acceptors (Lipinski definition) is 5. The third kappa shape index (κ3) is 5.57. The molecule has 0 bridgehead atoms. The van der Waals surface area contributed by atoms with E-state index in [1.54, 1.807) is 13.2 Å². The molecule has 1 aliphatic heterocycles. The van der Waals surface area contributed by atoms with E-state index < -0.39 is 0 Å². The van der Waals surface area contributed by atoms with Gasteiger partial charge in [0.25, 0.3) is 0 Å². The largest absolute Gasteiger partial charge is 0.508 e. The van der Waals surface area contributed by atoms with E-state index in [0.717, 1.165) is 50.5 Å². The average Bonchev–Trinajstić information content (AvgIpc) is 2.85. The molecule has 184 valence electrons. The van der Waals surface area contributed by atoms with E-state index in [1.165, 1.54) is 47.5 Å². The van der Waals surface area contributed by atoms with Gasteiger partial charge in [0.1, 0.15) is 23.9 Å². The molecule has 35 heavy (non-hydrogen) atoms. The quantitative estimate of drug-likeness (QED) is 0.452. The van der Waals surface area contributed by atoms with Gasteiger partial charge in [-0.15, -0.1) is 0 Å². The van der Waals surface area contributed by atoms with Crippen LogP contribution in [0.15, 0.2) is 60.7 Å². The number of likely N-dealkylation sites (tertiary alicyclic amines) is 1. The van der Waals surface area contributed by atoms with Crippen molar-refractivity contribution in [2.75, 3.05) is 45.3 Å². The van der Waals surface area contributed by atoms with Gasteiger partial charge in [-0.1, -0.05) is 24.3 Å². The second kappa shape index (κ2) is 10.6. The molecule has 3 aromatic rings. The number of ether oxygens (including phenoxy) is 2. The van der Waals surface area contributed by atoms with Crippen LogP contribution in [-0.4, -0.2) is 50.4 Å². The van der Waals surface area contributed by atoms with E-state index in [1.807, 2.05) is 6.07 Å². The SMILES string of the molecule is COc1ccc(C2CCc3cc(O)ccc3C2)c(N(C)Cc2ccc(OCCN3CCC3)cc2)c1. The molecule has 0 aromatic heterocycles. The van der Waals surface area contributed by atoms with Crippen molar-refractivity contribution in [3.8, 4) is 17.2 Å². The number of phenols is 1. The van der Waals surface area contributed by atoms with Crippen LogP contribution in [0, 0.1) is 0 Å². The van der Waals surface area contributed by atoms with Gasteiger partial charge >= 0.3 is 0 Å². The minimum Gasteiger partial charge on any atom is -0.508 e. The van der Waals surface area contributed by atoms with Crippen LogP contribution in [0.1, 0.15) is 41.0 Å². The summed E-state index contributed by atoms with van der Waals surface area (Å²) in [5.74, 6) is 2.62. The van der Waals surface area contributed by atoms with Crippen molar-refractivity contribution >= 4 is 5.69 Å². The third-order valence-electron chi connectivity index (χ3n) is 7.48. The summed E-state index contributed by atoms with van der Waals surface area (Å²) in [6, 6.07) is 20.8. The van der Waals surface area contributed by atoms with Crippen molar-refractivity contribution in [2.24, 2.45) is 0 Å². The van der Waals surface area contributed by atoms with Gasteiger partial charge in [-0.05, 0) is 97.3 Å². The maximum absolute atomic E-state index is 9.85. The van der Waals surface area contributed by atoms with Crippen LogP contribution in [0.4, 0.5) is 5.69 Å². The fourth-order valence-electron chi connectivity index (χ4n) is 5.28. The van der Waals surface area contributed by atoms with Gasteiger partial charge in [-0.3, -0.25) is 4.90 Å². The molecule has 3 aromatic carbocycles. The Labute approximate surface area is 208 Å². The van der Waals surface area contributed by atoms with Gasteiger partial charge in [0.15, 0.2) is 0 Å². The van der Waals surface area contributed by atoms with Crippen LogP contribution >= 0.6 is 0 Å².